The number of carbonyl (C=O) groups is 1. The lowest BCUT2D eigenvalue weighted by atomic mass is 10.1. The quantitative estimate of drug-likeness (QED) is 0.903. The first kappa shape index (κ1) is 17.7. The van der Waals surface area contributed by atoms with E-state index < -0.39 is 10.0 Å². The lowest BCUT2D eigenvalue weighted by molar-refractivity contribution is -0.122. The number of amides is 1. The Morgan fingerprint density at radius 2 is 1.71 bits per heavy atom. The van der Waals surface area contributed by atoms with Crippen LogP contribution < -0.4 is 5.32 Å². The fraction of sp³-hybridized carbons (Fsp3) is 0.533. The second-order valence-electron chi connectivity index (χ2n) is 6.04. The highest BCUT2D eigenvalue weighted by Crippen LogP contribution is 2.16. The van der Waals surface area contributed by atoms with E-state index in [1.54, 1.807) is 31.2 Å². The number of sulfonamides is 1. The van der Waals surface area contributed by atoms with Crippen LogP contribution in [0.25, 0.3) is 0 Å². The van der Waals surface area contributed by atoms with Gasteiger partial charge in [-0.25, -0.2) is 8.42 Å². The lowest BCUT2D eigenvalue weighted by Gasteiger charge is -2.24. The molecule has 1 amide bonds. The molecule has 0 aliphatic heterocycles. The van der Waals surface area contributed by atoms with Gasteiger partial charge in [-0.15, -0.1) is 0 Å². The number of aryl methyl sites for hydroxylation is 1. The first-order valence-corrected chi connectivity index (χ1v) is 8.38. The summed E-state index contributed by atoms with van der Waals surface area (Å²) in [6, 6.07) is 6.62. The molecule has 0 aliphatic carbocycles. The third kappa shape index (κ3) is 5.13. The minimum absolute atomic E-state index is 0.177. The summed E-state index contributed by atoms with van der Waals surface area (Å²) in [6.45, 7) is 9.25. The SMILES string of the molecule is CCN(CC(=O)NC(C)(C)C)S(=O)(=O)c1ccc(C)cc1. The van der Waals surface area contributed by atoms with E-state index in [9.17, 15) is 13.2 Å². The lowest BCUT2D eigenvalue weighted by Crippen LogP contribution is -2.47. The Balaban J connectivity index is 2.93. The maximum Gasteiger partial charge on any atom is 0.243 e. The molecule has 1 aromatic rings. The summed E-state index contributed by atoms with van der Waals surface area (Å²) in [5.74, 6) is -0.306. The number of hydrogen-bond acceptors (Lipinski definition) is 3. The molecule has 0 heterocycles. The zero-order chi connectivity index (χ0) is 16.3. The molecule has 21 heavy (non-hydrogen) atoms. The van der Waals surface area contributed by atoms with E-state index >= 15 is 0 Å². The van der Waals surface area contributed by atoms with Gasteiger partial charge in [-0.3, -0.25) is 4.79 Å². The molecule has 118 valence electrons. The van der Waals surface area contributed by atoms with Gasteiger partial charge in [0.1, 0.15) is 0 Å². The van der Waals surface area contributed by atoms with Crippen molar-refractivity contribution >= 4 is 15.9 Å². The molecule has 1 N–H and O–H groups in total. The van der Waals surface area contributed by atoms with Crippen molar-refractivity contribution in [3.05, 3.63) is 29.8 Å². The molecule has 6 heteroatoms. The van der Waals surface area contributed by atoms with Crippen LogP contribution in [0, 0.1) is 6.92 Å². The van der Waals surface area contributed by atoms with Gasteiger partial charge in [0.05, 0.1) is 11.4 Å². The number of benzene rings is 1. The Labute approximate surface area is 127 Å². The Morgan fingerprint density at radius 1 is 1.19 bits per heavy atom. The molecule has 0 bridgehead atoms. The van der Waals surface area contributed by atoms with Crippen molar-refractivity contribution in [3.8, 4) is 0 Å². The largest absolute Gasteiger partial charge is 0.350 e. The summed E-state index contributed by atoms with van der Waals surface area (Å²) in [5.41, 5.74) is 0.604. The van der Waals surface area contributed by atoms with Crippen LogP contribution in [-0.4, -0.2) is 37.3 Å². The van der Waals surface area contributed by atoms with Crippen molar-refractivity contribution in [1.29, 1.82) is 0 Å². The smallest absolute Gasteiger partial charge is 0.243 e. The van der Waals surface area contributed by atoms with Gasteiger partial charge in [0, 0.05) is 12.1 Å². The zero-order valence-corrected chi connectivity index (χ0v) is 14.1. The minimum Gasteiger partial charge on any atom is -0.350 e. The number of hydrogen-bond donors (Lipinski definition) is 1. The van der Waals surface area contributed by atoms with E-state index in [1.807, 2.05) is 27.7 Å². The number of likely N-dealkylation sites (N-methyl/N-ethyl adjacent to an activating group) is 1. The summed E-state index contributed by atoms with van der Waals surface area (Å²) >= 11 is 0. The average molecular weight is 312 g/mol. The van der Waals surface area contributed by atoms with Gasteiger partial charge in [0.2, 0.25) is 15.9 Å². The zero-order valence-electron chi connectivity index (χ0n) is 13.3. The summed E-state index contributed by atoms with van der Waals surface area (Å²) < 4.78 is 26.2. The Bertz CT molecular complexity index is 586. The van der Waals surface area contributed by atoms with Crippen LogP contribution in [-0.2, 0) is 14.8 Å². The molecular formula is C15H24N2O3S. The van der Waals surface area contributed by atoms with Gasteiger partial charge in [-0.1, -0.05) is 24.6 Å². The number of rotatable bonds is 5. The van der Waals surface area contributed by atoms with Gasteiger partial charge in [-0.2, -0.15) is 4.31 Å². The second kappa shape index (κ2) is 6.58. The van der Waals surface area contributed by atoms with Crippen molar-refractivity contribution in [2.75, 3.05) is 13.1 Å². The van der Waals surface area contributed by atoms with Gasteiger partial charge >= 0.3 is 0 Å². The molecule has 5 nitrogen and oxygen atoms in total. The third-order valence-corrected chi connectivity index (χ3v) is 4.78. The first-order chi connectivity index (χ1) is 9.56. The van der Waals surface area contributed by atoms with Gasteiger partial charge < -0.3 is 5.32 Å². The van der Waals surface area contributed by atoms with Crippen LogP contribution in [0.2, 0.25) is 0 Å². The highest BCUT2D eigenvalue weighted by molar-refractivity contribution is 7.89. The molecule has 0 spiro atoms. The van der Waals surface area contributed by atoms with E-state index in [1.165, 1.54) is 4.31 Å². The standard InChI is InChI=1S/C15H24N2O3S/c1-6-17(11-14(18)16-15(3,4)5)21(19,20)13-9-7-12(2)8-10-13/h7-10H,6,11H2,1-5H3,(H,16,18). The average Bonchev–Trinajstić information content (AvgIpc) is 2.34. The van der Waals surface area contributed by atoms with Crippen LogP contribution in [0.4, 0.5) is 0 Å². The van der Waals surface area contributed by atoms with Crippen molar-refractivity contribution in [2.24, 2.45) is 0 Å². The fourth-order valence-electron chi connectivity index (χ4n) is 1.84. The molecule has 0 fully saturated rings. The number of carbonyl (C=O) groups excluding carboxylic acids is 1. The monoisotopic (exact) mass is 312 g/mol. The summed E-state index contributed by atoms with van der Waals surface area (Å²) in [7, 11) is -3.65. The van der Waals surface area contributed by atoms with Crippen LogP contribution in [0.1, 0.15) is 33.3 Å². The topological polar surface area (TPSA) is 66.5 Å². The third-order valence-electron chi connectivity index (χ3n) is 2.85. The van der Waals surface area contributed by atoms with Crippen LogP contribution in [0.5, 0.6) is 0 Å². The molecule has 0 aliphatic rings. The van der Waals surface area contributed by atoms with Gasteiger partial charge in [0.25, 0.3) is 0 Å². The van der Waals surface area contributed by atoms with E-state index in [4.69, 9.17) is 0 Å². The second-order valence-corrected chi connectivity index (χ2v) is 7.98. The maximum absolute atomic E-state index is 12.5. The molecule has 0 unspecified atom stereocenters. The Kier molecular flexibility index (Phi) is 5.53. The summed E-state index contributed by atoms with van der Waals surface area (Å²) in [5, 5.41) is 2.77. The molecule has 1 rings (SSSR count). The van der Waals surface area contributed by atoms with Crippen LogP contribution >= 0.6 is 0 Å². The molecule has 0 aromatic heterocycles. The minimum atomic E-state index is -3.65. The molecule has 0 saturated heterocycles. The van der Waals surface area contributed by atoms with Crippen molar-refractivity contribution in [2.45, 2.75) is 45.1 Å². The highest BCUT2D eigenvalue weighted by atomic mass is 32.2. The first-order valence-electron chi connectivity index (χ1n) is 6.94. The predicted molar refractivity (Wildman–Crippen MR) is 83.5 cm³/mol. The van der Waals surface area contributed by atoms with E-state index in [0.29, 0.717) is 0 Å². The highest BCUT2D eigenvalue weighted by Gasteiger charge is 2.26. The maximum atomic E-state index is 12.5. The van der Waals surface area contributed by atoms with Crippen molar-refractivity contribution < 1.29 is 13.2 Å². The van der Waals surface area contributed by atoms with Gasteiger partial charge in [-0.05, 0) is 39.8 Å². The van der Waals surface area contributed by atoms with Crippen molar-refractivity contribution in [1.82, 2.24) is 9.62 Å². The van der Waals surface area contributed by atoms with Crippen LogP contribution in [0.3, 0.4) is 0 Å². The molecule has 0 atom stereocenters. The van der Waals surface area contributed by atoms with Crippen molar-refractivity contribution in [3.63, 3.8) is 0 Å². The fourth-order valence-corrected chi connectivity index (χ4v) is 3.25. The summed E-state index contributed by atoms with van der Waals surface area (Å²) in [6.07, 6.45) is 0. The predicted octanol–water partition coefficient (Wildman–Crippen LogP) is 1.92. The van der Waals surface area contributed by atoms with E-state index in [-0.39, 0.29) is 29.4 Å². The molecule has 0 radical (unpaired) electrons. The molecule has 0 saturated carbocycles. The molecular weight excluding hydrogens is 288 g/mol. The number of nitrogens with one attached hydrogen (secondary N) is 1. The molecule has 1 aromatic carbocycles. The normalized spacial score (nSPS) is 12.5. The van der Waals surface area contributed by atoms with E-state index in [0.717, 1.165) is 5.56 Å². The Hall–Kier alpha value is -1.40. The number of nitrogens with zero attached hydrogens (tertiary/aromatic N) is 1. The summed E-state index contributed by atoms with van der Waals surface area (Å²) in [4.78, 5) is 12.1. The van der Waals surface area contributed by atoms with Crippen LogP contribution in [0.15, 0.2) is 29.2 Å². The van der Waals surface area contributed by atoms with Gasteiger partial charge in [0.15, 0.2) is 0 Å². The van der Waals surface area contributed by atoms with E-state index in [2.05, 4.69) is 5.32 Å². The Morgan fingerprint density at radius 3 is 2.14 bits per heavy atom.